The third-order valence-corrected chi connectivity index (χ3v) is 4.84. The zero-order chi connectivity index (χ0) is 13.3. The third kappa shape index (κ3) is 3.69. The van der Waals surface area contributed by atoms with Gasteiger partial charge >= 0.3 is 18.9 Å². The van der Waals surface area contributed by atoms with Gasteiger partial charge in [0.25, 0.3) is 0 Å². The summed E-state index contributed by atoms with van der Waals surface area (Å²) < 4.78 is 22.3. The topological polar surface area (TPSA) is 100 Å². The van der Waals surface area contributed by atoms with Crippen LogP contribution in [0.1, 0.15) is 10.4 Å². The van der Waals surface area contributed by atoms with Crippen molar-refractivity contribution in [2.45, 2.75) is 4.21 Å². The number of thiophene rings is 1. The van der Waals surface area contributed by atoms with Gasteiger partial charge in [0.05, 0.1) is 5.97 Å². The second-order valence-corrected chi connectivity index (χ2v) is 6.40. The van der Waals surface area contributed by atoms with Gasteiger partial charge in [-0.25, -0.2) is 13.6 Å². The molecule has 0 aliphatic carbocycles. The van der Waals surface area contributed by atoms with Gasteiger partial charge in [-0.05, 0) is 23.3 Å². The van der Waals surface area contributed by atoms with Crippen LogP contribution in [-0.2, 0) is 10.0 Å². The molecule has 8 heteroatoms. The van der Waals surface area contributed by atoms with Crippen LogP contribution in [-0.4, -0.2) is 14.4 Å². The van der Waals surface area contributed by atoms with Crippen molar-refractivity contribution in [3.63, 3.8) is 0 Å². The standard InChI is InChI=1S/C11H9NO4S2.Li/c12-18(15,16)10-6-5-9(17-10)7-1-3-8(4-2-7)11(13)14;/h1-6H,(H,13,14)(H2,12,15,16);/q;+1/p-1. The predicted octanol–water partition coefficient (Wildman–Crippen LogP) is -2.57. The van der Waals surface area contributed by atoms with Crippen molar-refractivity contribution >= 4 is 27.3 Å². The van der Waals surface area contributed by atoms with E-state index in [9.17, 15) is 18.3 Å². The Bertz CT molecular complexity index is 692. The van der Waals surface area contributed by atoms with Crippen LogP contribution >= 0.6 is 11.3 Å². The summed E-state index contributed by atoms with van der Waals surface area (Å²) in [7, 11) is -3.70. The number of hydrogen-bond acceptors (Lipinski definition) is 5. The maximum Gasteiger partial charge on any atom is 1.00 e. The molecule has 0 atom stereocenters. The van der Waals surface area contributed by atoms with E-state index in [2.05, 4.69) is 0 Å². The van der Waals surface area contributed by atoms with E-state index in [0.717, 1.165) is 16.9 Å². The van der Waals surface area contributed by atoms with Crippen molar-refractivity contribution in [2.75, 3.05) is 0 Å². The SMILES string of the molecule is NS(=O)(=O)c1ccc(-c2ccc(C(=O)[O-])cc2)s1.[Li+]. The van der Waals surface area contributed by atoms with E-state index in [1.165, 1.54) is 18.2 Å². The Labute approximate surface area is 126 Å². The minimum atomic E-state index is -3.70. The molecule has 1 aromatic carbocycles. The second kappa shape index (κ2) is 5.90. The molecule has 19 heavy (non-hydrogen) atoms. The summed E-state index contributed by atoms with van der Waals surface area (Å²) in [5, 5.41) is 15.6. The average molecular weight is 289 g/mol. The Morgan fingerprint density at radius 3 is 2.11 bits per heavy atom. The minimum Gasteiger partial charge on any atom is -0.545 e. The van der Waals surface area contributed by atoms with Crippen LogP contribution < -0.4 is 29.1 Å². The maximum absolute atomic E-state index is 11.1. The van der Waals surface area contributed by atoms with E-state index in [4.69, 9.17) is 5.14 Å². The molecule has 0 aliphatic rings. The van der Waals surface area contributed by atoms with E-state index in [-0.39, 0.29) is 28.6 Å². The summed E-state index contributed by atoms with van der Waals surface area (Å²) in [4.78, 5) is 11.3. The molecule has 2 aromatic rings. The number of carboxylic acid groups (broad SMARTS) is 1. The van der Waals surface area contributed by atoms with Gasteiger partial charge in [-0.1, -0.05) is 24.3 Å². The van der Waals surface area contributed by atoms with Crippen LogP contribution in [0.25, 0.3) is 10.4 Å². The Hall–Kier alpha value is -1.10. The number of carbonyl (C=O) groups is 1. The van der Waals surface area contributed by atoms with Crippen LogP contribution in [0.3, 0.4) is 0 Å². The van der Waals surface area contributed by atoms with E-state index >= 15 is 0 Å². The molecule has 0 bridgehead atoms. The first-order chi connectivity index (χ1) is 8.38. The number of aromatic carboxylic acids is 1. The molecule has 0 fully saturated rings. The second-order valence-electron chi connectivity index (χ2n) is 3.53. The van der Waals surface area contributed by atoms with E-state index in [1.54, 1.807) is 18.2 Å². The van der Waals surface area contributed by atoms with Gasteiger partial charge in [0.1, 0.15) is 4.21 Å². The van der Waals surface area contributed by atoms with Crippen molar-refractivity contribution < 1.29 is 37.2 Å². The molecule has 0 amide bonds. The number of hydrogen-bond donors (Lipinski definition) is 1. The third-order valence-electron chi connectivity index (χ3n) is 2.27. The van der Waals surface area contributed by atoms with Crippen molar-refractivity contribution in [1.82, 2.24) is 0 Å². The molecule has 0 radical (unpaired) electrons. The molecule has 0 spiro atoms. The Kier molecular flexibility index (Phi) is 4.96. The van der Waals surface area contributed by atoms with Crippen LogP contribution in [0.15, 0.2) is 40.6 Å². The molecule has 1 heterocycles. The molecule has 1 aromatic heterocycles. The smallest absolute Gasteiger partial charge is 0.545 e. The van der Waals surface area contributed by atoms with Crippen LogP contribution in [0.4, 0.5) is 0 Å². The Balaban J connectivity index is 0.00000180. The Morgan fingerprint density at radius 2 is 1.68 bits per heavy atom. The Morgan fingerprint density at radius 1 is 1.11 bits per heavy atom. The van der Waals surface area contributed by atoms with Crippen LogP contribution in [0.2, 0.25) is 0 Å². The molecule has 0 saturated carbocycles. The van der Waals surface area contributed by atoms with Gasteiger partial charge in [-0.15, -0.1) is 11.3 Å². The van der Waals surface area contributed by atoms with Gasteiger partial charge in [0.15, 0.2) is 0 Å². The molecule has 94 valence electrons. The number of nitrogens with two attached hydrogens (primary N) is 1. The van der Waals surface area contributed by atoms with Gasteiger partial charge in [0, 0.05) is 4.88 Å². The van der Waals surface area contributed by atoms with Crippen molar-refractivity contribution in [3.8, 4) is 10.4 Å². The van der Waals surface area contributed by atoms with E-state index in [1.807, 2.05) is 0 Å². The summed E-state index contributed by atoms with van der Waals surface area (Å²) >= 11 is 1.03. The molecule has 0 unspecified atom stereocenters. The molecule has 2 rings (SSSR count). The van der Waals surface area contributed by atoms with Gasteiger partial charge in [0.2, 0.25) is 10.0 Å². The van der Waals surface area contributed by atoms with Crippen LogP contribution in [0, 0.1) is 0 Å². The normalized spacial score (nSPS) is 10.8. The van der Waals surface area contributed by atoms with Gasteiger partial charge in [-0.3, -0.25) is 0 Å². The molecular weight excluding hydrogens is 281 g/mol. The quantitative estimate of drug-likeness (QED) is 0.628. The zero-order valence-electron chi connectivity index (χ0n) is 9.99. The van der Waals surface area contributed by atoms with Crippen molar-refractivity contribution in [1.29, 1.82) is 0 Å². The molecular formula is C11H8LiNO4S2. The number of benzene rings is 1. The molecule has 2 N–H and O–H groups in total. The fourth-order valence-corrected chi connectivity index (χ4v) is 3.13. The van der Waals surface area contributed by atoms with Gasteiger partial charge < -0.3 is 9.90 Å². The zero-order valence-corrected chi connectivity index (χ0v) is 11.6. The van der Waals surface area contributed by atoms with Crippen molar-refractivity contribution in [2.24, 2.45) is 5.14 Å². The average Bonchev–Trinajstić information content (AvgIpc) is 2.78. The fraction of sp³-hybridized carbons (Fsp3) is 0. The summed E-state index contributed by atoms with van der Waals surface area (Å²) in [6, 6.07) is 9.02. The number of carboxylic acids is 1. The first-order valence-corrected chi connectivity index (χ1v) is 7.18. The summed E-state index contributed by atoms with van der Waals surface area (Å²) in [5.74, 6) is -1.25. The summed E-state index contributed by atoms with van der Waals surface area (Å²) in [5.41, 5.74) is 0.793. The van der Waals surface area contributed by atoms with Crippen molar-refractivity contribution in [3.05, 3.63) is 42.0 Å². The summed E-state index contributed by atoms with van der Waals surface area (Å²) in [6.07, 6.45) is 0. The largest absolute Gasteiger partial charge is 1.00 e. The van der Waals surface area contributed by atoms with Crippen LogP contribution in [0.5, 0.6) is 0 Å². The maximum atomic E-state index is 11.1. The number of sulfonamides is 1. The number of rotatable bonds is 3. The molecule has 5 nitrogen and oxygen atoms in total. The molecule has 0 saturated heterocycles. The molecule has 0 aliphatic heterocycles. The first kappa shape index (κ1) is 16.0. The minimum absolute atomic E-state index is 0. The fourth-order valence-electron chi connectivity index (χ4n) is 1.40. The first-order valence-electron chi connectivity index (χ1n) is 4.82. The number of primary sulfonamides is 1. The van der Waals surface area contributed by atoms with E-state index in [0.29, 0.717) is 4.88 Å². The monoisotopic (exact) mass is 289 g/mol. The number of carbonyl (C=O) groups excluding carboxylic acids is 1. The predicted molar refractivity (Wildman–Crippen MR) is 65.5 cm³/mol. The van der Waals surface area contributed by atoms with E-state index < -0.39 is 16.0 Å². The van der Waals surface area contributed by atoms with Gasteiger partial charge in [-0.2, -0.15) is 0 Å². The summed E-state index contributed by atoms with van der Waals surface area (Å²) in [6.45, 7) is 0.